The molecule has 1 aromatic heterocycles. The van der Waals surface area contributed by atoms with Crippen LogP contribution >= 0.6 is 0 Å². The third-order valence-electron chi connectivity index (χ3n) is 3.61. The number of aromatic nitrogens is 2. The Hall–Kier alpha value is -1.67. The van der Waals surface area contributed by atoms with E-state index < -0.39 is 5.60 Å². The Morgan fingerprint density at radius 2 is 2.37 bits per heavy atom. The molecular formula is C14H20N4O. The van der Waals surface area contributed by atoms with Crippen LogP contribution in [0.3, 0.4) is 0 Å². The predicted octanol–water partition coefficient (Wildman–Crippen LogP) is 2.01. The molecule has 0 saturated heterocycles. The van der Waals surface area contributed by atoms with Gasteiger partial charge in [0.25, 0.3) is 0 Å². The lowest BCUT2D eigenvalue weighted by Crippen LogP contribution is -2.41. The molecule has 1 fully saturated rings. The summed E-state index contributed by atoms with van der Waals surface area (Å²) in [6.45, 7) is 4.43. The quantitative estimate of drug-likeness (QED) is 0.868. The standard InChI is InChI=1S/C14H20N4O/c1-10-4-3-5-14(19,7-10)9-16-13-17-11(2)6-12(8-15)18-13/h6,10,19H,3-5,7,9H2,1-2H3,(H,16,17,18). The van der Waals surface area contributed by atoms with Crippen molar-refractivity contribution in [2.24, 2.45) is 5.92 Å². The van der Waals surface area contributed by atoms with Crippen LogP contribution in [-0.2, 0) is 0 Å². The molecule has 2 unspecified atom stereocenters. The number of anilines is 1. The normalized spacial score (nSPS) is 26.7. The molecule has 0 aliphatic heterocycles. The van der Waals surface area contributed by atoms with Crippen molar-refractivity contribution in [1.82, 2.24) is 9.97 Å². The maximum Gasteiger partial charge on any atom is 0.224 e. The SMILES string of the molecule is Cc1cc(C#N)nc(NCC2(O)CCCC(C)C2)n1. The first kappa shape index (κ1) is 13.8. The van der Waals surface area contributed by atoms with Gasteiger partial charge < -0.3 is 10.4 Å². The molecule has 1 saturated carbocycles. The van der Waals surface area contributed by atoms with Gasteiger partial charge in [0.1, 0.15) is 11.8 Å². The number of rotatable bonds is 3. The first-order valence-electron chi connectivity index (χ1n) is 6.73. The van der Waals surface area contributed by atoms with Crippen LogP contribution < -0.4 is 5.32 Å². The third kappa shape index (κ3) is 3.65. The Kier molecular flexibility index (Phi) is 4.01. The molecule has 19 heavy (non-hydrogen) atoms. The van der Waals surface area contributed by atoms with Crippen molar-refractivity contribution in [2.45, 2.75) is 45.1 Å². The highest BCUT2D eigenvalue weighted by atomic mass is 16.3. The van der Waals surface area contributed by atoms with Crippen molar-refractivity contribution in [1.29, 1.82) is 5.26 Å². The van der Waals surface area contributed by atoms with Gasteiger partial charge in [0.15, 0.2) is 0 Å². The van der Waals surface area contributed by atoms with E-state index in [2.05, 4.69) is 22.2 Å². The number of hydrogen-bond acceptors (Lipinski definition) is 5. The van der Waals surface area contributed by atoms with Gasteiger partial charge in [-0.05, 0) is 31.7 Å². The number of nitrogens with zero attached hydrogens (tertiary/aromatic N) is 3. The van der Waals surface area contributed by atoms with E-state index in [4.69, 9.17) is 5.26 Å². The summed E-state index contributed by atoms with van der Waals surface area (Å²) in [5.74, 6) is 0.969. The smallest absolute Gasteiger partial charge is 0.224 e. The first-order valence-corrected chi connectivity index (χ1v) is 6.73. The molecule has 5 heteroatoms. The fraction of sp³-hybridized carbons (Fsp3) is 0.643. The fourth-order valence-corrected chi connectivity index (χ4v) is 2.74. The van der Waals surface area contributed by atoms with Gasteiger partial charge in [0.05, 0.1) is 5.60 Å². The van der Waals surface area contributed by atoms with E-state index in [0.29, 0.717) is 24.1 Å². The van der Waals surface area contributed by atoms with Crippen LogP contribution in [0.15, 0.2) is 6.07 Å². The van der Waals surface area contributed by atoms with Gasteiger partial charge in [-0.15, -0.1) is 0 Å². The molecule has 102 valence electrons. The van der Waals surface area contributed by atoms with Gasteiger partial charge in [-0.3, -0.25) is 0 Å². The van der Waals surface area contributed by atoms with Crippen molar-refractivity contribution < 1.29 is 5.11 Å². The third-order valence-corrected chi connectivity index (χ3v) is 3.61. The number of aliphatic hydroxyl groups is 1. The van der Waals surface area contributed by atoms with Crippen LogP contribution in [0.25, 0.3) is 0 Å². The lowest BCUT2D eigenvalue weighted by atomic mass is 9.79. The van der Waals surface area contributed by atoms with Crippen LogP contribution in [0, 0.1) is 24.2 Å². The van der Waals surface area contributed by atoms with Crippen LogP contribution in [-0.4, -0.2) is 27.2 Å². The zero-order valence-electron chi connectivity index (χ0n) is 11.5. The molecule has 2 N–H and O–H groups in total. The van der Waals surface area contributed by atoms with Crippen LogP contribution in [0.2, 0.25) is 0 Å². The fourth-order valence-electron chi connectivity index (χ4n) is 2.74. The van der Waals surface area contributed by atoms with E-state index in [9.17, 15) is 5.11 Å². The Bertz CT molecular complexity index is 497. The summed E-state index contributed by atoms with van der Waals surface area (Å²) in [6, 6.07) is 3.65. The second-order valence-electron chi connectivity index (χ2n) is 5.61. The summed E-state index contributed by atoms with van der Waals surface area (Å²) in [5.41, 5.74) is 0.412. The molecule has 2 atom stereocenters. The van der Waals surface area contributed by atoms with Gasteiger partial charge in [0.2, 0.25) is 5.95 Å². The summed E-state index contributed by atoms with van der Waals surface area (Å²) in [5, 5.41) is 22.5. The summed E-state index contributed by atoms with van der Waals surface area (Å²) in [4.78, 5) is 8.32. The maximum absolute atomic E-state index is 10.5. The lowest BCUT2D eigenvalue weighted by Gasteiger charge is -2.35. The second-order valence-corrected chi connectivity index (χ2v) is 5.61. The van der Waals surface area contributed by atoms with Crippen molar-refractivity contribution >= 4 is 5.95 Å². The minimum absolute atomic E-state index is 0.346. The number of aryl methyl sites for hydroxylation is 1. The van der Waals surface area contributed by atoms with Crippen molar-refractivity contribution in [3.8, 4) is 6.07 Å². The van der Waals surface area contributed by atoms with Gasteiger partial charge >= 0.3 is 0 Å². The topological polar surface area (TPSA) is 81.8 Å². The van der Waals surface area contributed by atoms with Gasteiger partial charge in [-0.2, -0.15) is 5.26 Å². The van der Waals surface area contributed by atoms with E-state index >= 15 is 0 Å². The van der Waals surface area contributed by atoms with Crippen LogP contribution in [0.1, 0.15) is 44.0 Å². The maximum atomic E-state index is 10.5. The molecule has 0 bridgehead atoms. The molecule has 2 rings (SSSR count). The number of hydrogen-bond donors (Lipinski definition) is 2. The first-order chi connectivity index (χ1) is 9.00. The summed E-state index contributed by atoms with van der Waals surface area (Å²) >= 11 is 0. The molecule has 0 spiro atoms. The monoisotopic (exact) mass is 260 g/mol. The van der Waals surface area contributed by atoms with Crippen molar-refractivity contribution in [2.75, 3.05) is 11.9 Å². The summed E-state index contributed by atoms with van der Waals surface area (Å²) in [7, 11) is 0. The highest BCUT2D eigenvalue weighted by Gasteiger charge is 2.32. The van der Waals surface area contributed by atoms with Crippen molar-refractivity contribution in [3.63, 3.8) is 0 Å². The zero-order valence-corrected chi connectivity index (χ0v) is 11.5. The Balaban J connectivity index is 2.02. The average molecular weight is 260 g/mol. The van der Waals surface area contributed by atoms with E-state index in [1.54, 1.807) is 6.07 Å². The lowest BCUT2D eigenvalue weighted by molar-refractivity contribution is -0.000901. The van der Waals surface area contributed by atoms with Crippen LogP contribution in [0.5, 0.6) is 0 Å². The predicted molar refractivity (Wildman–Crippen MR) is 72.6 cm³/mol. The van der Waals surface area contributed by atoms with Crippen molar-refractivity contribution in [3.05, 3.63) is 17.5 Å². The minimum atomic E-state index is -0.683. The molecule has 1 aliphatic carbocycles. The summed E-state index contributed by atoms with van der Waals surface area (Å²) in [6.07, 6.45) is 3.84. The van der Waals surface area contributed by atoms with E-state index in [1.807, 2.05) is 13.0 Å². The van der Waals surface area contributed by atoms with Gasteiger partial charge in [-0.1, -0.05) is 19.8 Å². The van der Waals surface area contributed by atoms with Crippen LogP contribution in [0.4, 0.5) is 5.95 Å². The van der Waals surface area contributed by atoms with E-state index in [1.165, 1.54) is 6.42 Å². The molecule has 5 nitrogen and oxygen atoms in total. The average Bonchev–Trinajstić information content (AvgIpc) is 2.35. The Morgan fingerprint density at radius 1 is 1.58 bits per heavy atom. The summed E-state index contributed by atoms with van der Waals surface area (Å²) < 4.78 is 0. The molecule has 1 aromatic rings. The highest BCUT2D eigenvalue weighted by molar-refractivity contribution is 5.33. The Morgan fingerprint density at radius 3 is 3.05 bits per heavy atom. The van der Waals surface area contributed by atoms with E-state index in [-0.39, 0.29) is 0 Å². The molecule has 1 aliphatic rings. The molecule has 0 radical (unpaired) electrons. The number of nitrogens with one attached hydrogen (secondary N) is 1. The highest BCUT2D eigenvalue weighted by Crippen LogP contribution is 2.32. The minimum Gasteiger partial charge on any atom is -0.388 e. The molecule has 0 aromatic carbocycles. The molecule has 1 heterocycles. The van der Waals surface area contributed by atoms with E-state index in [0.717, 1.165) is 25.0 Å². The second kappa shape index (κ2) is 5.54. The molecule has 0 amide bonds. The Labute approximate surface area is 113 Å². The molecular weight excluding hydrogens is 240 g/mol. The largest absolute Gasteiger partial charge is 0.388 e. The van der Waals surface area contributed by atoms with Gasteiger partial charge in [-0.25, -0.2) is 9.97 Å². The number of nitriles is 1. The zero-order chi connectivity index (χ0) is 13.9. The van der Waals surface area contributed by atoms with Gasteiger partial charge in [0, 0.05) is 12.2 Å².